The highest BCUT2D eigenvalue weighted by Gasteiger charge is 2.24. The van der Waals surface area contributed by atoms with Gasteiger partial charge in [0.2, 0.25) is 0 Å². The zero-order chi connectivity index (χ0) is 10.8. The van der Waals surface area contributed by atoms with Crippen LogP contribution in [0.1, 0.15) is 26.2 Å². The molecule has 1 fully saturated rings. The summed E-state index contributed by atoms with van der Waals surface area (Å²) in [6.45, 7) is 2.19. The van der Waals surface area contributed by atoms with E-state index >= 15 is 0 Å². The van der Waals surface area contributed by atoms with E-state index < -0.39 is 0 Å². The Morgan fingerprint density at radius 1 is 1.40 bits per heavy atom. The van der Waals surface area contributed by atoms with Crippen LogP contribution in [-0.4, -0.2) is 6.04 Å². The molecular weight excluding hydrogens is 213 g/mol. The van der Waals surface area contributed by atoms with E-state index in [4.69, 9.17) is 11.6 Å². The third-order valence-electron chi connectivity index (χ3n) is 3.15. The Labute approximate surface area is 94.6 Å². The first-order valence-electron chi connectivity index (χ1n) is 5.39. The molecule has 3 heteroatoms. The molecule has 0 aromatic heterocycles. The molecule has 0 aliphatic heterocycles. The van der Waals surface area contributed by atoms with Crippen molar-refractivity contribution in [3.8, 4) is 0 Å². The molecule has 1 nitrogen and oxygen atoms in total. The van der Waals surface area contributed by atoms with Gasteiger partial charge in [-0.3, -0.25) is 0 Å². The topological polar surface area (TPSA) is 12.0 Å². The number of para-hydroxylation sites is 1. The summed E-state index contributed by atoms with van der Waals surface area (Å²) in [7, 11) is 0. The minimum atomic E-state index is -0.262. The molecule has 0 bridgehead atoms. The molecule has 0 radical (unpaired) electrons. The molecule has 1 aromatic carbocycles. The second-order valence-electron chi connectivity index (χ2n) is 4.26. The molecule has 2 rings (SSSR count). The molecule has 1 saturated carbocycles. The summed E-state index contributed by atoms with van der Waals surface area (Å²) < 4.78 is 13.5. The number of rotatable bonds is 2. The van der Waals surface area contributed by atoms with Crippen molar-refractivity contribution in [1.29, 1.82) is 0 Å². The highest BCUT2D eigenvalue weighted by Crippen LogP contribution is 2.32. The summed E-state index contributed by atoms with van der Waals surface area (Å²) in [5.74, 6) is 0.335. The van der Waals surface area contributed by atoms with Gasteiger partial charge in [0.1, 0.15) is 5.82 Å². The second kappa shape index (κ2) is 4.40. The van der Waals surface area contributed by atoms with Crippen LogP contribution in [-0.2, 0) is 0 Å². The van der Waals surface area contributed by atoms with Crippen molar-refractivity contribution in [2.75, 3.05) is 5.32 Å². The smallest absolute Gasteiger partial charge is 0.147 e. The Kier molecular flexibility index (Phi) is 3.15. The first-order chi connectivity index (χ1) is 7.18. The Balaban J connectivity index is 2.16. The summed E-state index contributed by atoms with van der Waals surface area (Å²) in [6, 6.07) is 5.14. The molecule has 0 spiro atoms. The van der Waals surface area contributed by atoms with Gasteiger partial charge in [-0.05, 0) is 30.9 Å². The molecule has 0 heterocycles. The van der Waals surface area contributed by atoms with Gasteiger partial charge < -0.3 is 5.32 Å². The van der Waals surface area contributed by atoms with Gasteiger partial charge in [0.05, 0.1) is 10.7 Å². The summed E-state index contributed by atoms with van der Waals surface area (Å²) in [5.41, 5.74) is 0.456. The lowest BCUT2D eigenvalue weighted by Crippen LogP contribution is -2.22. The van der Waals surface area contributed by atoms with Crippen molar-refractivity contribution in [3.63, 3.8) is 0 Å². The second-order valence-corrected chi connectivity index (χ2v) is 4.66. The lowest BCUT2D eigenvalue weighted by atomic mass is 10.1. The summed E-state index contributed by atoms with van der Waals surface area (Å²) in [4.78, 5) is 0. The fourth-order valence-corrected chi connectivity index (χ4v) is 2.40. The van der Waals surface area contributed by atoms with Crippen LogP contribution in [0.25, 0.3) is 0 Å². The average Bonchev–Trinajstić information content (AvgIpc) is 2.58. The Hall–Kier alpha value is -0.760. The van der Waals surface area contributed by atoms with Crippen LogP contribution in [0.2, 0.25) is 5.02 Å². The van der Waals surface area contributed by atoms with E-state index in [1.807, 2.05) is 0 Å². The summed E-state index contributed by atoms with van der Waals surface area (Å²) >= 11 is 5.95. The van der Waals surface area contributed by atoms with E-state index in [2.05, 4.69) is 12.2 Å². The van der Waals surface area contributed by atoms with Gasteiger partial charge >= 0.3 is 0 Å². The number of benzene rings is 1. The van der Waals surface area contributed by atoms with Crippen LogP contribution in [0.3, 0.4) is 0 Å². The minimum absolute atomic E-state index is 0.262. The van der Waals surface area contributed by atoms with Gasteiger partial charge in [-0.2, -0.15) is 0 Å². The molecule has 1 aliphatic rings. The Morgan fingerprint density at radius 3 is 2.80 bits per heavy atom. The van der Waals surface area contributed by atoms with E-state index in [0.29, 0.717) is 22.7 Å². The van der Waals surface area contributed by atoms with Crippen LogP contribution in [0.15, 0.2) is 18.2 Å². The van der Waals surface area contributed by atoms with Crippen LogP contribution in [0.5, 0.6) is 0 Å². The standard InChI is InChI=1S/C12H15ClFN/c1-8-4-2-7-11(8)15-12-9(13)5-3-6-10(12)14/h3,5-6,8,11,15H,2,4,7H2,1H3. The highest BCUT2D eigenvalue weighted by molar-refractivity contribution is 6.33. The zero-order valence-electron chi connectivity index (χ0n) is 8.76. The minimum Gasteiger partial charge on any atom is -0.378 e. The normalized spacial score (nSPS) is 25.5. The van der Waals surface area contributed by atoms with Gasteiger partial charge in [-0.1, -0.05) is 31.0 Å². The van der Waals surface area contributed by atoms with E-state index in [0.717, 1.165) is 6.42 Å². The number of hydrogen-bond donors (Lipinski definition) is 1. The van der Waals surface area contributed by atoms with Crippen molar-refractivity contribution in [2.45, 2.75) is 32.2 Å². The molecule has 2 unspecified atom stereocenters. The van der Waals surface area contributed by atoms with Crippen molar-refractivity contribution < 1.29 is 4.39 Å². The summed E-state index contributed by atoms with van der Waals surface area (Å²) in [6.07, 6.45) is 3.53. The largest absolute Gasteiger partial charge is 0.378 e. The molecule has 0 amide bonds. The fraction of sp³-hybridized carbons (Fsp3) is 0.500. The van der Waals surface area contributed by atoms with E-state index in [9.17, 15) is 4.39 Å². The Morgan fingerprint density at radius 2 is 2.20 bits per heavy atom. The maximum absolute atomic E-state index is 13.5. The quantitative estimate of drug-likeness (QED) is 0.803. The monoisotopic (exact) mass is 227 g/mol. The predicted octanol–water partition coefficient (Wildman–Crippen LogP) is 4.08. The number of halogens is 2. The third kappa shape index (κ3) is 2.25. The SMILES string of the molecule is CC1CCCC1Nc1c(F)cccc1Cl. The molecule has 1 N–H and O–H groups in total. The molecule has 0 saturated heterocycles. The van der Waals surface area contributed by atoms with E-state index in [1.165, 1.54) is 18.9 Å². The fourth-order valence-electron chi connectivity index (χ4n) is 2.18. The maximum atomic E-state index is 13.5. The van der Waals surface area contributed by atoms with Gasteiger partial charge in [0.15, 0.2) is 0 Å². The molecule has 1 aliphatic carbocycles. The number of hydrogen-bond acceptors (Lipinski definition) is 1. The highest BCUT2D eigenvalue weighted by atomic mass is 35.5. The van der Waals surface area contributed by atoms with Crippen LogP contribution in [0.4, 0.5) is 10.1 Å². The predicted molar refractivity (Wildman–Crippen MR) is 61.8 cm³/mol. The van der Waals surface area contributed by atoms with Crippen LogP contribution in [0, 0.1) is 11.7 Å². The van der Waals surface area contributed by atoms with Gasteiger partial charge in [0, 0.05) is 6.04 Å². The van der Waals surface area contributed by atoms with Gasteiger partial charge in [-0.15, -0.1) is 0 Å². The molecule has 15 heavy (non-hydrogen) atoms. The van der Waals surface area contributed by atoms with Crippen molar-refractivity contribution >= 4 is 17.3 Å². The first-order valence-corrected chi connectivity index (χ1v) is 5.77. The number of anilines is 1. The van der Waals surface area contributed by atoms with E-state index in [1.54, 1.807) is 12.1 Å². The summed E-state index contributed by atoms with van der Waals surface area (Å²) in [5, 5.41) is 3.69. The third-order valence-corrected chi connectivity index (χ3v) is 3.47. The van der Waals surface area contributed by atoms with Gasteiger partial charge in [-0.25, -0.2) is 4.39 Å². The van der Waals surface area contributed by atoms with Crippen molar-refractivity contribution in [2.24, 2.45) is 5.92 Å². The number of nitrogens with one attached hydrogen (secondary N) is 1. The zero-order valence-corrected chi connectivity index (χ0v) is 9.52. The van der Waals surface area contributed by atoms with E-state index in [-0.39, 0.29) is 5.82 Å². The maximum Gasteiger partial charge on any atom is 0.147 e. The van der Waals surface area contributed by atoms with Crippen molar-refractivity contribution in [3.05, 3.63) is 29.0 Å². The van der Waals surface area contributed by atoms with Gasteiger partial charge in [0.25, 0.3) is 0 Å². The average molecular weight is 228 g/mol. The lowest BCUT2D eigenvalue weighted by molar-refractivity contribution is 0.549. The molecular formula is C12H15ClFN. The van der Waals surface area contributed by atoms with Crippen LogP contribution >= 0.6 is 11.6 Å². The molecule has 82 valence electrons. The van der Waals surface area contributed by atoms with Crippen LogP contribution < -0.4 is 5.32 Å². The molecule has 2 atom stereocenters. The Bertz CT molecular complexity index is 333. The molecule has 1 aromatic rings. The van der Waals surface area contributed by atoms with Crippen molar-refractivity contribution in [1.82, 2.24) is 0 Å². The lowest BCUT2D eigenvalue weighted by Gasteiger charge is -2.19. The first kappa shape index (κ1) is 10.7.